The van der Waals surface area contributed by atoms with E-state index in [4.69, 9.17) is 0 Å². The van der Waals surface area contributed by atoms with Gasteiger partial charge in [0.25, 0.3) is 0 Å². The van der Waals surface area contributed by atoms with Gasteiger partial charge in [0, 0.05) is 20.4 Å². The summed E-state index contributed by atoms with van der Waals surface area (Å²) in [5.41, 5.74) is 0.806. The van der Waals surface area contributed by atoms with Crippen LogP contribution in [-0.4, -0.2) is 11.4 Å². The Bertz CT molecular complexity index is 282. The fourth-order valence-electron chi connectivity index (χ4n) is 1.14. The summed E-state index contributed by atoms with van der Waals surface area (Å²) in [6, 6.07) is 7.04. The molecule has 0 radical (unpaired) electrons. The first kappa shape index (κ1) is 20.6. The Morgan fingerprint density at radius 3 is 2.33 bits per heavy atom. The van der Waals surface area contributed by atoms with Crippen molar-refractivity contribution >= 4 is 26.1 Å². The van der Waals surface area contributed by atoms with Gasteiger partial charge in [0.05, 0.1) is 0 Å². The van der Waals surface area contributed by atoms with Crippen LogP contribution in [0, 0.1) is 0 Å². The van der Waals surface area contributed by atoms with Gasteiger partial charge in [-0.25, -0.2) is 0 Å². The van der Waals surface area contributed by atoms with E-state index in [9.17, 15) is 9.90 Å². The normalized spacial score (nSPS) is 9.93. The monoisotopic (exact) mass is 337 g/mol. The molecule has 0 aromatic heterocycles. The summed E-state index contributed by atoms with van der Waals surface area (Å²) < 4.78 is 0. The second-order valence-electron chi connectivity index (χ2n) is 2.81. The van der Waals surface area contributed by atoms with Crippen LogP contribution in [0.3, 0.4) is 0 Å². The molecule has 0 saturated carbocycles. The van der Waals surface area contributed by atoms with Crippen molar-refractivity contribution < 1.29 is 30.3 Å². The molecule has 0 aliphatic carbocycles. The quantitative estimate of drug-likeness (QED) is 0.521. The maximum Gasteiger partial charge on any atom is 0.118 e. The molecule has 1 aromatic rings. The largest absolute Gasteiger partial charge is 0.542 e. The summed E-state index contributed by atoms with van der Waals surface area (Å²) in [4.78, 5) is 10.1. The number of hydrogen-bond donors (Lipinski definition) is 1. The number of hydrogen-bond acceptors (Lipinski definition) is 2. The molecule has 3 unspecified atom stereocenters. The molecule has 1 N–H and O–H groups in total. The van der Waals surface area contributed by atoms with Crippen LogP contribution in [0.15, 0.2) is 24.3 Å². The Hall–Kier alpha value is 0.212. The molecule has 0 heterocycles. The van der Waals surface area contributed by atoms with E-state index in [1.54, 1.807) is 12.1 Å². The third-order valence-electron chi connectivity index (χ3n) is 1.86. The molecule has 3 atom stereocenters. The zero-order valence-electron chi connectivity index (χ0n) is 8.68. The average molecular weight is 338 g/mol. The van der Waals surface area contributed by atoms with Crippen molar-refractivity contribution in [2.24, 2.45) is 0 Å². The second-order valence-corrected chi connectivity index (χ2v) is 2.81. The van der Waals surface area contributed by atoms with Crippen molar-refractivity contribution in [3.63, 3.8) is 0 Å². The average Bonchev–Trinajstić information content (AvgIpc) is 2.05. The van der Waals surface area contributed by atoms with Gasteiger partial charge in [-0.05, 0) is 17.5 Å². The van der Waals surface area contributed by atoms with E-state index in [-0.39, 0.29) is 51.9 Å². The number of carbonyl (C=O) groups excluding carboxylic acids is 1. The van der Waals surface area contributed by atoms with Crippen LogP contribution in [-0.2, 0) is 25.2 Å². The van der Waals surface area contributed by atoms with Gasteiger partial charge in [-0.1, -0.05) is 25.1 Å². The van der Waals surface area contributed by atoms with Crippen LogP contribution in [0.2, 0.25) is 0 Å². The molecule has 1 rings (SSSR count). The SMILES string of the molecule is CC(C[C-]=O)c1ccccc1O.P.P.[Pd]. The van der Waals surface area contributed by atoms with Crippen LogP contribution < -0.4 is 0 Å². The Labute approximate surface area is 111 Å². The van der Waals surface area contributed by atoms with E-state index in [1.807, 2.05) is 25.3 Å². The molecule has 0 aliphatic rings. The van der Waals surface area contributed by atoms with Gasteiger partial charge < -0.3 is 9.90 Å². The number of aromatic hydroxyl groups is 1. The summed E-state index contributed by atoms with van der Waals surface area (Å²) in [6.07, 6.45) is 2.16. The number of rotatable bonds is 3. The minimum absolute atomic E-state index is 0. The first-order chi connectivity index (χ1) is 5.75. The van der Waals surface area contributed by atoms with Crippen molar-refractivity contribution in [1.29, 1.82) is 0 Å². The number of phenols is 1. The van der Waals surface area contributed by atoms with E-state index < -0.39 is 0 Å². The topological polar surface area (TPSA) is 37.3 Å². The number of phenolic OH excluding ortho intramolecular Hbond substituents is 1. The molecular weight excluding hydrogens is 320 g/mol. The fourth-order valence-corrected chi connectivity index (χ4v) is 1.14. The van der Waals surface area contributed by atoms with Crippen LogP contribution in [0.25, 0.3) is 0 Å². The predicted molar refractivity (Wildman–Crippen MR) is 69.0 cm³/mol. The van der Waals surface area contributed by atoms with Crippen molar-refractivity contribution in [3.05, 3.63) is 29.8 Å². The number of benzene rings is 1. The Morgan fingerprint density at radius 2 is 1.87 bits per heavy atom. The molecule has 2 nitrogen and oxygen atoms in total. The van der Waals surface area contributed by atoms with Crippen LogP contribution in [0.4, 0.5) is 0 Å². The third kappa shape index (κ3) is 6.39. The molecule has 0 saturated heterocycles. The molecule has 0 aliphatic heterocycles. The zero-order chi connectivity index (χ0) is 8.97. The Balaban J connectivity index is -0.000000480. The fraction of sp³-hybridized carbons (Fsp3) is 0.300. The summed E-state index contributed by atoms with van der Waals surface area (Å²) in [5.74, 6) is 0.295. The molecule has 1 aromatic carbocycles. The van der Waals surface area contributed by atoms with Crippen LogP contribution in [0.5, 0.6) is 5.75 Å². The van der Waals surface area contributed by atoms with Crippen molar-refractivity contribution in [1.82, 2.24) is 0 Å². The Morgan fingerprint density at radius 1 is 1.33 bits per heavy atom. The smallest absolute Gasteiger partial charge is 0.118 e. The van der Waals surface area contributed by atoms with Gasteiger partial charge in [0.1, 0.15) is 5.75 Å². The van der Waals surface area contributed by atoms with Gasteiger partial charge in [-0.2, -0.15) is 19.8 Å². The minimum Gasteiger partial charge on any atom is -0.542 e. The molecule has 90 valence electrons. The molecule has 0 amide bonds. The summed E-state index contributed by atoms with van der Waals surface area (Å²) >= 11 is 0. The van der Waals surface area contributed by atoms with E-state index in [2.05, 4.69) is 0 Å². The molecular formula is C10H17O2P2Pd-. The zero-order valence-corrected chi connectivity index (χ0v) is 13.1. The van der Waals surface area contributed by atoms with Crippen molar-refractivity contribution in [2.75, 3.05) is 0 Å². The maximum absolute atomic E-state index is 10.1. The van der Waals surface area contributed by atoms with Gasteiger partial charge in [0.2, 0.25) is 0 Å². The maximum atomic E-state index is 10.1. The van der Waals surface area contributed by atoms with Gasteiger partial charge >= 0.3 is 0 Å². The standard InChI is InChI=1S/C10H11O2.2H3P.Pd/c1-8(6-7-11)9-4-2-3-5-10(9)12;;;/h2-5,8,12H,6H2,1H3;2*1H3;/q-1;;;. The molecule has 5 heteroatoms. The van der Waals surface area contributed by atoms with Crippen LogP contribution in [0.1, 0.15) is 24.8 Å². The van der Waals surface area contributed by atoms with E-state index >= 15 is 0 Å². The van der Waals surface area contributed by atoms with Crippen molar-refractivity contribution in [2.45, 2.75) is 19.3 Å². The Kier molecular flexibility index (Phi) is 14.7. The second kappa shape index (κ2) is 10.7. The first-order valence-electron chi connectivity index (χ1n) is 3.88. The molecule has 15 heavy (non-hydrogen) atoms. The third-order valence-corrected chi connectivity index (χ3v) is 1.86. The van der Waals surface area contributed by atoms with Crippen molar-refractivity contribution in [3.8, 4) is 5.75 Å². The summed E-state index contributed by atoms with van der Waals surface area (Å²) in [7, 11) is 0. The molecule has 0 fully saturated rings. The van der Waals surface area contributed by atoms with Gasteiger partial charge in [0.15, 0.2) is 0 Å². The van der Waals surface area contributed by atoms with Crippen LogP contribution >= 0.6 is 19.8 Å². The van der Waals surface area contributed by atoms with Gasteiger partial charge in [-0.15, -0.1) is 6.42 Å². The molecule has 0 spiro atoms. The molecule has 0 bridgehead atoms. The predicted octanol–water partition coefficient (Wildman–Crippen LogP) is 2.11. The summed E-state index contributed by atoms with van der Waals surface area (Å²) in [5, 5.41) is 9.38. The van der Waals surface area contributed by atoms with E-state index in [0.717, 1.165) is 5.56 Å². The summed E-state index contributed by atoms with van der Waals surface area (Å²) in [6.45, 7) is 1.89. The minimum atomic E-state index is 0. The van der Waals surface area contributed by atoms with E-state index in [1.165, 1.54) is 0 Å². The van der Waals surface area contributed by atoms with Gasteiger partial charge in [-0.3, -0.25) is 6.29 Å². The first-order valence-corrected chi connectivity index (χ1v) is 3.88. The van der Waals surface area contributed by atoms with E-state index in [0.29, 0.717) is 6.42 Å². The number of para-hydroxylation sites is 1.